The van der Waals surface area contributed by atoms with Crippen LogP contribution in [0.3, 0.4) is 0 Å². The van der Waals surface area contributed by atoms with Gasteiger partial charge in [-0.3, -0.25) is 0 Å². The van der Waals surface area contributed by atoms with Gasteiger partial charge in [-0.25, -0.2) is 4.39 Å². The van der Waals surface area contributed by atoms with Crippen LogP contribution in [0.2, 0.25) is 0 Å². The molecular formula is C16H24FN. The highest BCUT2D eigenvalue weighted by Gasteiger charge is 2.17. The number of halogens is 1. The maximum atomic E-state index is 13.4. The average molecular weight is 249 g/mol. The smallest absolute Gasteiger partial charge is 0.126 e. The first-order valence-electron chi connectivity index (χ1n) is 7.11. The molecule has 1 saturated carbocycles. The van der Waals surface area contributed by atoms with Crippen LogP contribution in [0.5, 0.6) is 0 Å². The Balaban J connectivity index is 1.73. The van der Waals surface area contributed by atoms with Gasteiger partial charge in [-0.1, -0.05) is 31.9 Å². The van der Waals surface area contributed by atoms with E-state index < -0.39 is 0 Å². The van der Waals surface area contributed by atoms with E-state index in [-0.39, 0.29) is 5.82 Å². The molecule has 1 aromatic carbocycles. The fraction of sp³-hybridized carbons (Fsp3) is 0.625. The molecule has 0 saturated heterocycles. The summed E-state index contributed by atoms with van der Waals surface area (Å²) in [4.78, 5) is 0. The van der Waals surface area contributed by atoms with Crippen molar-refractivity contribution < 1.29 is 4.39 Å². The van der Waals surface area contributed by atoms with Crippen molar-refractivity contribution >= 4 is 0 Å². The molecule has 1 aliphatic rings. The van der Waals surface area contributed by atoms with Gasteiger partial charge in [-0.15, -0.1) is 0 Å². The Bertz CT molecular complexity index is 381. The van der Waals surface area contributed by atoms with Crippen LogP contribution in [-0.4, -0.2) is 6.54 Å². The van der Waals surface area contributed by atoms with E-state index >= 15 is 0 Å². The zero-order valence-electron chi connectivity index (χ0n) is 11.5. The van der Waals surface area contributed by atoms with Crippen LogP contribution in [-0.2, 0) is 6.54 Å². The third-order valence-electron chi connectivity index (χ3n) is 4.13. The van der Waals surface area contributed by atoms with Crippen molar-refractivity contribution in [2.45, 2.75) is 46.1 Å². The Morgan fingerprint density at radius 1 is 1.22 bits per heavy atom. The highest BCUT2D eigenvalue weighted by atomic mass is 19.1. The Labute approximate surface area is 110 Å². The van der Waals surface area contributed by atoms with Crippen molar-refractivity contribution in [3.05, 3.63) is 35.1 Å². The first kappa shape index (κ1) is 13.5. The summed E-state index contributed by atoms with van der Waals surface area (Å²) in [5, 5.41) is 3.47. The zero-order valence-corrected chi connectivity index (χ0v) is 11.5. The van der Waals surface area contributed by atoms with Crippen LogP contribution in [0.15, 0.2) is 18.2 Å². The van der Waals surface area contributed by atoms with Gasteiger partial charge < -0.3 is 5.32 Å². The lowest BCUT2D eigenvalue weighted by Crippen LogP contribution is -2.25. The molecule has 1 aromatic rings. The summed E-state index contributed by atoms with van der Waals surface area (Å²) >= 11 is 0. The van der Waals surface area contributed by atoms with E-state index in [0.717, 1.165) is 36.1 Å². The lowest BCUT2D eigenvalue weighted by atomic mass is 9.83. The summed E-state index contributed by atoms with van der Waals surface area (Å²) in [6.07, 6.45) is 5.42. The van der Waals surface area contributed by atoms with E-state index in [0.29, 0.717) is 0 Å². The Morgan fingerprint density at radius 3 is 2.61 bits per heavy atom. The first-order chi connectivity index (χ1) is 8.65. The maximum absolute atomic E-state index is 13.4. The molecule has 0 unspecified atom stereocenters. The molecule has 0 aliphatic heterocycles. The van der Waals surface area contributed by atoms with Gasteiger partial charge in [0.05, 0.1) is 0 Å². The largest absolute Gasteiger partial charge is 0.312 e. The van der Waals surface area contributed by atoms with Gasteiger partial charge in [-0.2, -0.15) is 0 Å². The second-order valence-electron chi connectivity index (χ2n) is 5.84. The highest BCUT2D eigenvalue weighted by molar-refractivity contribution is 5.23. The van der Waals surface area contributed by atoms with Crippen molar-refractivity contribution in [2.24, 2.45) is 11.8 Å². The number of nitrogens with one attached hydrogen (secondary N) is 1. The van der Waals surface area contributed by atoms with E-state index in [1.165, 1.54) is 25.7 Å². The average Bonchev–Trinajstić information content (AvgIpc) is 2.36. The fourth-order valence-corrected chi connectivity index (χ4v) is 2.70. The third kappa shape index (κ3) is 3.81. The van der Waals surface area contributed by atoms with Crippen LogP contribution in [0.1, 0.15) is 43.7 Å². The Kier molecular flexibility index (Phi) is 4.76. The van der Waals surface area contributed by atoms with Gasteiger partial charge >= 0.3 is 0 Å². The monoisotopic (exact) mass is 249 g/mol. The summed E-state index contributed by atoms with van der Waals surface area (Å²) in [6.45, 7) is 6.00. The van der Waals surface area contributed by atoms with Crippen molar-refractivity contribution in [3.63, 3.8) is 0 Å². The lowest BCUT2D eigenvalue weighted by molar-refractivity contribution is 0.281. The molecule has 0 aromatic heterocycles. The molecule has 2 heteroatoms. The Hall–Kier alpha value is -0.890. The third-order valence-corrected chi connectivity index (χ3v) is 4.13. The van der Waals surface area contributed by atoms with E-state index in [9.17, 15) is 4.39 Å². The minimum absolute atomic E-state index is 0.0965. The lowest BCUT2D eigenvalue weighted by Gasteiger charge is -2.26. The molecule has 1 aliphatic carbocycles. The molecule has 0 heterocycles. The molecule has 0 atom stereocenters. The number of hydrogen-bond acceptors (Lipinski definition) is 1. The number of hydrogen-bond donors (Lipinski definition) is 1. The number of rotatable bonds is 4. The minimum atomic E-state index is -0.0965. The van der Waals surface area contributed by atoms with Gasteiger partial charge in [0, 0.05) is 6.54 Å². The van der Waals surface area contributed by atoms with Gasteiger partial charge in [0.25, 0.3) is 0 Å². The molecule has 1 N–H and O–H groups in total. The molecule has 0 bridgehead atoms. The van der Waals surface area contributed by atoms with Crippen LogP contribution >= 0.6 is 0 Å². The molecule has 1 nitrogen and oxygen atoms in total. The molecule has 0 spiro atoms. The topological polar surface area (TPSA) is 12.0 Å². The zero-order chi connectivity index (χ0) is 13.0. The standard InChI is InChI=1S/C16H24FN/c1-12-3-6-14(7-4-12)10-18-11-15-8-5-13(2)16(17)9-15/h5,8-9,12,14,18H,3-4,6-7,10-11H2,1-2H3. The molecule has 1 fully saturated rings. The molecule has 0 amide bonds. The van der Waals surface area contributed by atoms with Crippen molar-refractivity contribution in [1.82, 2.24) is 5.32 Å². The second kappa shape index (κ2) is 6.33. The molecule has 18 heavy (non-hydrogen) atoms. The molecule has 0 radical (unpaired) electrons. The molecule has 2 rings (SSSR count). The summed E-state index contributed by atoms with van der Waals surface area (Å²) in [7, 11) is 0. The summed E-state index contributed by atoms with van der Waals surface area (Å²) < 4.78 is 13.4. The number of benzene rings is 1. The van der Waals surface area contributed by atoms with Crippen LogP contribution < -0.4 is 5.32 Å². The van der Waals surface area contributed by atoms with Crippen LogP contribution in [0.25, 0.3) is 0 Å². The van der Waals surface area contributed by atoms with Crippen molar-refractivity contribution in [1.29, 1.82) is 0 Å². The van der Waals surface area contributed by atoms with Crippen molar-refractivity contribution in [3.8, 4) is 0 Å². The normalized spacial score (nSPS) is 24.2. The maximum Gasteiger partial charge on any atom is 0.126 e. The van der Waals surface area contributed by atoms with Crippen LogP contribution in [0.4, 0.5) is 4.39 Å². The van der Waals surface area contributed by atoms with E-state index in [2.05, 4.69) is 12.2 Å². The highest BCUT2D eigenvalue weighted by Crippen LogP contribution is 2.27. The first-order valence-corrected chi connectivity index (χ1v) is 7.11. The minimum Gasteiger partial charge on any atom is -0.312 e. The predicted molar refractivity (Wildman–Crippen MR) is 74.0 cm³/mol. The van der Waals surface area contributed by atoms with E-state index in [1.54, 1.807) is 13.0 Å². The quantitative estimate of drug-likeness (QED) is 0.849. The van der Waals surface area contributed by atoms with E-state index in [1.807, 2.05) is 12.1 Å². The second-order valence-corrected chi connectivity index (χ2v) is 5.84. The van der Waals surface area contributed by atoms with Gasteiger partial charge in [-0.05, 0) is 55.3 Å². The fourth-order valence-electron chi connectivity index (χ4n) is 2.70. The van der Waals surface area contributed by atoms with Gasteiger partial charge in [0.1, 0.15) is 5.82 Å². The number of aryl methyl sites for hydroxylation is 1. The Morgan fingerprint density at radius 2 is 1.94 bits per heavy atom. The summed E-state index contributed by atoms with van der Waals surface area (Å²) in [5.41, 5.74) is 1.77. The summed E-state index contributed by atoms with van der Waals surface area (Å²) in [5.74, 6) is 1.63. The predicted octanol–water partition coefficient (Wildman–Crippen LogP) is 4.05. The molecular weight excluding hydrogens is 225 g/mol. The van der Waals surface area contributed by atoms with Crippen molar-refractivity contribution in [2.75, 3.05) is 6.54 Å². The van der Waals surface area contributed by atoms with Crippen LogP contribution in [0, 0.1) is 24.6 Å². The van der Waals surface area contributed by atoms with E-state index in [4.69, 9.17) is 0 Å². The SMILES string of the molecule is Cc1ccc(CNCC2CCC(C)CC2)cc1F. The van der Waals surface area contributed by atoms with Gasteiger partial charge in [0.15, 0.2) is 0 Å². The molecule has 100 valence electrons. The summed E-state index contributed by atoms with van der Waals surface area (Å²) in [6, 6.07) is 5.51. The van der Waals surface area contributed by atoms with Gasteiger partial charge in [0.2, 0.25) is 0 Å².